The van der Waals surface area contributed by atoms with Crippen LogP contribution in [0.15, 0.2) is 24.3 Å². The zero-order valence-electron chi connectivity index (χ0n) is 17.2. The van der Waals surface area contributed by atoms with Crippen LogP contribution in [0.5, 0.6) is 5.75 Å². The van der Waals surface area contributed by atoms with E-state index in [2.05, 4.69) is 0 Å². The molecule has 1 aromatic rings. The largest absolute Gasteiger partial charge is 0.497 e. The van der Waals surface area contributed by atoms with Crippen LogP contribution < -0.4 is 4.74 Å². The molecule has 28 heavy (non-hydrogen) atoms. The predicted molar refractivity (Wildman–Crippen MR) is 110 cm³/mol. The van der Waals surface area contributed by atoms with Gasteiger partial charge in [0.25, 0.3) is 0 Å². The summed E-state index contributed by atoms with van der Waals surface area (Å²) in [5.41, 5.74) is 0.996. The van der Waals surface area contributed by atoms with Crippen LogP contribution in [-0.2, 0) is 16.0 Å². The van der Waals surface area contributed by atoms with E-state index in [9.17, 15) is 9.59 Å². The summed E-state index contributed by atoms with van der Waals surface area (Å²) in [6.45, 7) is 2.82. The van der Waals surface area contributed by atoms with Gasteiger partial charge < -0.3 is 14.5 Å². The number of amides is 2. The number of ether oxygens (including phenoxy) is 1. The van der Waals surface area contributed by atoms with E-state index in [1.165, 1.54) is 32.1 Å². The minimum atomic E-state index is 0.140. The molecule has 0 N–H and O–H groups in total. The molecule has 0 radical (unpaired) electrons. The van der Waals surface area contributed by atoms with Crippen LogP contribution in [-0.4, -0.2) is 54.9 Å². The standard InChI is InChI=1S/C23H34N2O3/c1-28-21-11-8-20(9-12-21)18-23(27)25-15-5-14-24(16-17-25)22(26)13-10-19-6-3-2-4-7-19/h8-9,11-12,19H,2-7,10,13-18H2,1H3. The SMILES string of the molecule is COc1ccc(CC(=O)N2CCCN(C(=O)CCC3CCCCC3)CC2)cc1. The van der Waals surface area contributed by atoms with Gasteiger partial charge in [0.2, 0.25) is 11.8 Å². The molecule has 0 atom stereocenters. The number of hydrogen-bond donors (Lipinski definition) is 0. The molecule has 1 aliphatic carbocycles. The number of rotatable bonds is 6. The van der Waals surface area contributed by atoms with Crippen LogP contribution in [0.25, 0.3) is 0 Å². The summed E-state index contributed by atoms with van der Waals surface area (Å²) >= 11 is 0. The maximum absolute atomic E-state index is 12.7. The first-order valence-electron chi connectivity index (χ1n) is 10.8. The summed E-state index contributed by atoms with van der Waals surface area (Å²) < 4.78 is 5.17. The van der Waals surface area contributed by atoms with Gasteiger partial charge in [0.15, 0.2) is 0 Å². The summed E-state index contributed by atoms with van der Waals surface area (Å²) in [6, 6.07) is 7.65. The third kappa shape index (κ3) is 5.98. The Labute approximate surface area is 169 Å². The predicted octanol–water partition coefficient (Wildman–Crippen LogP) is 3.66. The molecule has 0 bridgehead atoms. The molecule has 1 heterocycles. The summed E-state index contributed by atoms with van der Waals surface area (Å²) in [5, 5.41) is 0. The van der Waals surface area contributed by atoms with Gasteiger partial charge in [-0.25, -0.2) is 0 Å². The Morgan fingerprint density at radius 3 is 2.18 bits per heavy atom. The van der Waals surface area contributed by atoms with Crippen LogP contribution in [0.1, 0.15) is 56.9 Å². The summed E-state index contributed by atoms with van der Waals surface area (Å²) in [7, 11) is 1.64. The molecule has 1 saturated carbocycles. The lowest BCUT2D eigenvalue weighted by atomic mass is 9.86. The van der Waals surface area contributed by atoms with Gasteiger partial charge in [-0.3, -0.25) is 9.59 Å². The molecule has 0 spiro atoms. The highest BCUT2D eigenvalue weighted by Crippen LogP contribution is 2.27. The average Bonchev–Trinajstić information content (AvgIpc) is 3.00. The number of benzene rings is 1. The number of nitrogens with zero attached hydrogens (tertiary/aromatic N) is 2. The van der Waals surface area contributed by atoms with E-state index in [1.807, 2.05) is 34.1 Å². The van der Waals surface area contributed by atoms with Gasteiger partial charge in [-0.1, -0.05) is 44.2 Å². The Morgan fingerprint density at radius 2 is 1.54 bits per heavy atom. The molecule has 0 aromatic heterocycles. The Balaban J connectivity index is 1.44. The highest BCUT2D eigenvalue weighted by atomic mass is 16.5. The molecule has 1 saturated heterocycles. The molecule has 0 unspecified atom stereocenters. The Hall–Kier alpha value is -2.04. The van der Waals surface area contributed by atoms with Crippen molar-refractivity contribution < 1.29 is 14.3 Å². The van der Waals surface area contributed by atoms with E-state index in [-0.39, 0.29) is 11.8 Å². The van der Waals surface area contributed by atoms with Crippen LogP contribution in [0.4, 0.5) is 0 Å². The second-order valence-electron chi connectivity index (χ2n) is 8.18. The first-order chi connectivity index (χ1) is 13.7. The normalized spacial score (nSPS) is 18.6. The molecular formula is C23H34N2O3. The van der Waals surface area contributed by atoms with Crippen molar-refractivity contribution in [1.82, 2.24) is 9.80 Å². The van der Waals surface area contributed by atoms with Crippen LogP contribution in [0.3, 0.4) is 0 Å². The number of hydrogen-bond acceptors (Lipinski definition) is 3. The maximum Gasteiger partial charge on any atom is 0.227 e. The van der Waals surface area contributed by atoms with Crippen molar-refractivity contribution >= 4 is 11.8 Å². The number of methoxy groups -OCH3 is 1. The summed E-state index contributed by atoms with van der Waals surface area (Å²) in [4.78, 5) is 29.2. The van der Waals surface area contributed by atoms with Crippen molar-refractivity contribution in [2.45, 2.75) is 57.8 Å². The van der Waals surface area contributed by atoms with Crippen molar-refractivity contribution in [3.8, 4) is 5.75 Å². The van der Waals surface area contributed by atoms with E-state index in [0.717, 1.165) is 43.2 Å². The molecule has 2 fully saturated rings. The second kappa shape index (κ2) is 10.5. The van der Waals surface area contributed by atoms with Gasteiger partial charge in [0.05, 0.1) is 13.5 Å². The monoisotopic (exact) mass is 386 g/mol. The minimum Gasteiger partial charge on any atom is -0.497 e. The first-order valence-corrected chi connectivity index (χ1v) is 10.8. The molecule has 1 aromatic carbocycles. The summed E-state index contributed by atoms with van der Waals surface area (Å²) in [5.74, 6) is 1.96. The fourth-order valence-electron chi connectivity index (χ4n) is 4.41. The zero-order chi connectivity index (χ0) is 19.8. The van der Waals surface area contributed by atoms with Crippen molar-refractivity contribution in [3.63, 3.8) is 0 Å². The summed E-state index contributed by atoms with van der Waals surface area (Å²) in [6.07, 6.45) is 9.57. The van der Waals surface area contributed by atoms with Gasteiger partial charge >= 0.3 is 0 Å². The topological polar surface area (TPSA) is 49.9 Å². The van der Waals surface area contributed by atoms with Crippen LogP contribution >= 0.6 is 0 Å². The quantitative estimate of drug-likeness (QED) is 0.750. The first kappa shape index (κ1) is 20.7. The van der Waals surface area contributed by atoms with E-state index in [1.54, 1.807) is 7.11 Å². The Bertz CT molecular complexity index is 638. The Morgan fingerprint density at radius 1 is 0.893 bits per heavy atom. The van der Waals surface area contributed by atoms with Gasteiger partial charge in [-0.15, -0.1) is 0 Å². The molecule has 3 rings (SSSR count). The van der Waals surface area contributed by atoms with Gasteiger partial charge in [0.1, 0.15) is 5.75 Å². The number of carbonyl (C=O) groups is 2. The van der Waals surface area contributed by atoms with E-state index in [4.69, 9.17) is 4.74 Å². The fourth-order valence-corrected chi connectivity index (χ4v) is 4.41. The fraction of sp³-hybridized carbons (Fsp3) is 0.652. The van der Waals surface area contributed by atoms with Gasteiger partial charge in [-0.05, 0) is 36.5 Å². The number of carbonyl (C=O) groups excluding carboxylic acids is 2. The second-order valence-corrected chi connectivity index (χ2v) is 8.18. The molecule has 154 valence electrons. The van der Waals surface area contributed by atoms with Crippen molar-refractivity contribution in [1.29, 1.82) is 0 Å². The highest BCUT2D eigenvalue weighted by molar-refractivity contribution is 5.79. The van der Waals surface area contributed by atoms with Gasteiger partial charge in [0, 0.05) is 32.6 Å². The van der Waals surface area contributed by atoms with E-state index in [0.29, 0.717) is 25.9 Å². The van der Waals surface area contributed by atoms with E-state index < -0.39 is 0 Å². The van der Waals surface area contributed by atoms with Crippen molar-refractivity contribution in [3.05, 3.63) is 29.8 Å². The molecule has 2 aliphatic rings. The molecular weight excluding hydrogens is 352 g/mol. The molecule has 2 amide bonds. The molecule has 5 heteroatoms. The molecule has 1 aliphatic heterocycles. The van der Waals surface area contributed by atoms with Crippen LogP contribution in [0, 0.1) is 5.92 Å². The Kier molecular flexibility index (Phi) is 7.75. The lowest BCUT2D eigenvalue weighted by Crippen LogP contribution is -2.38. The third-order valence-corrected chi connectivity index (χ3v) is 6.21. The molecule has 5 nitrogen and oxygen atoms in total. The van der Waals surface area contributed by atoms with E-state index >= 15 is 0 Å². The third-order valence-electron chi connectivity index (χ3n) is 6.21. The zero-order valence-corrected chi connectivity index (χ0v) is 17.2. The smallest absolute Gasteiger partial charge is 0.227 e. The van der Waals surface area contributed by atoms with Gasteiger partial charge in [-0.2, -0.15) is 0 Å². The lowest BCUT2D eigenvalue weighted by Gasteiger charge is -2.24. The minimum absolute atomic E-state index is 0.140. The highest BCUT2D eigenvalue weighted by Gasteiger charge is 2.23. The van der Waals surface area contributed by atoms with Crippen molar-refractivity contribution in [2.24, 2.45) is 5.92 Å². The maximum atomic E-state index is 12.7. The van der Waals surface area contributed by atoms with Crippen molar-refractivity contribution in [2.75, 3.05) is 33.3 Å². The average molecular weight is 387 g/mol. The van der Waals surface area contributed by atoms with Crippen LogP contribution in [0.2, 0.25) is 0 Å². The lowest BCUT2D eigenvalue weighted by molar-refractivity contribution is -0.133.